The van der Waals surface area contributed by atoms with Crippen molar-refractivity contribution in [3.05, 3.63) is 0 Å². The predicted molar refractivity (Wildman–Crippen MR) is 86.8 cm³/mol. The van der Waals surface area contributed by atoms with Gasteiger partial charge in [-0.25, -0.2) is 0 Å². The summed E-state index contributed by atoms with van der Waals surface area (Å²) in [6.07, 6.45) is 9.62. The van der Waals surface area contributed by atoms with Crippen molar-refractivity contribution < 1.29 is 19.2 Å². The van der Waals surface area contributed by atoms with Gasteiger partial charge in [-0.05, 0) is 26.7 Å². The van der Waals surface area contributed by atoms with E-state index in [0.717, 1.165) is 51.4 Å². The standard InChI is InChI=1S/C18H30O4/c1-15(19)13-17(21)11-9-7-5-3-4-6-8-10-12-18(22)14-16(2)20/h3-14H2,1-2H3. The largest absolute Gasteiger partial charge is 0.300 e. The summed E-state index contributed by atoms with van der Waals surface area (Å²) in [6.45, 7) is 2.90. The summed E-state index contributed by atoms with van der Waals surface area (Å²) in [6, 6.07) is 0. The fourth-order valence-corrected chi connectivity index (χ4v) is 2.44. The molecule has 0 radical (unpaired) electrons. The number of ketones is 4. The van der Waals surface area contributed by atoms with Crippen molar-refractivity contribution in [1.29, 1.82) is 0 Å². The summed E-state index contributed by atoms with van der Waals surface area (Å²) >= 11 is 0. The fraction of sp³-hybridized carbons (Fsp3) is 0.778. The molecular weight excluding hydrogens is 280 g/mol. The highest BCUT2D eigenvalue weighted by Crippen LogP contribution is 2.11. The van der Waals surface area contributed by atoms with Gasteiger partial charge < -0.3 is 0 Å². The lowest BCUT2D eigenvalue weighted by molar-refractivity contribution is -0.127. The minimum Gasteiger partial charge on any atom is -0.300 e. The highest BCUT2D eigenvalue weighted by molar-refractivity contribution is 5.98. The van der Waals surface area contributed by atoms with E-state index in [1.54, 1.807) is 0 Å². The topological polar surface area (TPSA) is 68.3 Å². The summed E-state index contributed by atoms with van der Waals surface area (Å²) < 4.78 is 0. The zero-order valence-electron chi connectivity index (χ0n) is 14.1. The second-order valence-corrected chi connectivity index (χ2v) is 6.16. The van der Waals surface area contributed by atoms with E-state index in [4.69, 9.17) is 0 Å². The molecule has 0 saturated heterocycles. The number of rotatable bonds is 15. The van der Waals surface area contributed by atoms with Crippen LogP contribution in [-0.2, 0) is 19.2 Å². The predicted octanol–water partition coefficient (Wildman–Crippen LogP) is 3.98. The first-order valence-electron chi connectivity index (χ1n) is 8.44. The van der Waals surface area contributed by atoms with Crippen LogP contribution < -0.4 is 0 Å². The molecule has 0 spiro atoms. The van der Waals surface area contributed by atoms with E-state index in [-0.39, 0.29) is 36.0 Å². The summed E-state index contributed by atoms with van der Waals surface area (Å²) in [5.41, 5.74) is 0. The first kappa shape index (κ1) is 20.7. The second kappa shape index (κ2) is 13.4. The fourth-order valence-electron chi connectivity index (χ4n) is 2.44. The van der Waals surface area contributed by atoms with E-state index in [2.05, 4.69) is 0 Å². The number of carbonyl (C=O) groups excluding carboxylic acids is 4. The normalized spacial score (nSPS) is 10.5. The summed E-state index contributed by atoms with van der Waals surface area (Å²) in [5.74, 6) is 0.0176. The van der Waals surface area contributed by atoms with E-state index >= 15 is 0 Å². The lowest BCUT2D eigenvalue weighted by Crippen LogP contribution is -2.03. The van der Waals surface area contributed by atoms with Crippen LogP contribution in [0.15, 0.2) is 0 Å². The van der Waals surface area contributed by atoms with Gasteiger partial charge in [-0.15, -0.1) is 0 Å². The van der Waals surface area contributed by atoms with E-state index in [1.165, 1.54) is 13.8 Å². The molecule has 22 heavy (non-hydrogen) atoms. The third-order valence-electron chi connectivity index (χ3n) is 3.55. The highest BCUT2D eigenvalue weighted by Gasteiger charge is 2.05. The van der Waals surface area contributed by atoms with Crippen LogP contribution in [0.2, 0.25) is 0 Å². The van der Waals surface area contributed by atoms with Crippen LogP contribution >= 0.6 is 0 Å². The first-order valence-corrected chi connectivity index (χ1v) is 8.44. The van der Waals surface area contributed by atoms with E-state index in [0.29, 0.717) is 12.8 Å². The lowest BCUT2D eigenvalue weighted by Gasteiger charge is -2.02. The van der Waals surface area contributed by atoms with Crippen LogP contribution in [0.5, 0.6) is 0 Å². The number of hydrogen-bond acceptors (Lipinski definition) is 4. The van der Waals surface area contributed by atoms with Gasteiger partial charge in [-0.2, -0.15) is 0 Å². The maximum Gasteiger partial charge on any atom is 0.140 e. The van der Waals surface area contributed by atoms with Crippen molar-refractivity contribution in [3.63, 3.8) is 0 Å². The van der Waals surface area contributed by atoms with Crippen LogP contribution in [0.25, 0.3) is 0 Å². The number of Topliss-reactive ketones (excluding diaryl/α,β-unsaturated/α-hetero) is 4. The Morgan fingerprint density at radius 3 is 1.05 bits per heavy atom. The van der Waals surface area contributed by atoms with Crippen LogP contribution in [0.4, 0.5) is 0 Å². The molecule has 0 aromatic heterocycles. The van der Waals surface area contributed by atoms with Crippen LogP contribution in [-0.4, -0.2) is 23.1 Å². The average molecular weight is 310 g/mol. The number of hydrogen-bond donors (Lipinski definition) is 0. The SMILES string of the molecule is CC(=O)CC(=O)CCCCCCCCCCC(=O)CC(C)=O. The maximum atomic E-state index is 11.3. The minimum atomic E-state index is -0.0493. The molecule has 0 aliphatic carbocycles. The first-order chi connectivity index (χ1) is 10.4. The lowest BCUT2D eigenvalue weighted by atomic mass is 10.0. The van der Waals surface area contributed by atoms with Gasteiger partial charge in [0.25, 0.3) is 0 Å². The molecule has 0 aromatic carbocycles. The molecule has 0 aliphatic rings. The summed E-state index contributed by atoms with van der Waals surface area (Å²) in [4.78, 5) is 44.1. The Morgan fingerprint density at radius 1 is 0.500 bits per heavy atom. The third-order valence-corrected chi connectivity index (χ3v) is 3.55. The molecular formula is C18H30O4. The molecule has 0 bridgehead atoms. The highest BCUT2D eigenvalue weighted by atomic mass is 16.2. The van der Waals surface area contributed by atoms with Gasteiger partial charge in [0.1, 0.15) is 23.1 Å². The van der Waals surface area contributed by atoms with E-state index in [1.807, 2.05) is 0 Å². The molecule has 0 unspecified atom stereocenters. The van der Waals surface area contributed by atoms with Crippen molar-refractivity contribution in [1.82, 2.24) is 0 Å². The van der Waals surface area contributed by atoms with Gasteiger partial charge in [-0.3, -0.25) is 19.2 Å². The van der Waals surface area contributed by atoms with E-state index in [9.17, 15) is 19.2 Å². The molecule has 0 saturated carbocycles. The zero-order chi connectivity index (χ0) is 16.8. The van der Waals surface area contributed by atoms with Crippen molar-refractivity contribution in [2.24, 2.45) is 0 Å². The molecule has 0 fully saturated rings. The molecule has 126 valence electrons. The summed E-state index contributed by atoms with van der Waals surface area (Å²) in [5, 5.41) is 0. The molecule has 0 amide bonds. The quantitative estimate of drug-likeness (QED) is 0.339. The van der Waals surface area contributed by atoms with Crippen LogP contribution in [0.3, 0.4) is 0 Å². The van der Waals surface area contributed by atoms with Crippen molar-refractivity contribution >= 4 is 23.1 Å². The third kappa shape index (κ3) is 15.1. The molecule has 0 aliphatic heterocycles. The molecule has 0 rings (SSSR count). The average Bonchev–Trinajstić information content (AvgIpc) is 2.39. The van der Waals surface area contributed by atoms with Crippen molar-refractivity contribution in [3.8, 4) is 0 Å². The van der Waals surface area contributed by atoms with Crippen LogP contribution in [0.1, 0.15) is 90.9 Å². The Labute approximate surface area is 134 Å². The number of unbranched alkanes of at least 4 members (excludes halogenated alkanes) is 7. The van der Waals surface area contributed by atoms with Gasteiger partial charge in [0.15, 0.2) is 0 Å². The zero-order valence-corrected chi connectivity index (χ0v) is 14.1. The molecule has 0 atom stereocenters. The Balaban J connectivity index is 3.27. The summed E-state index contributed by atoms with van der Waals surface area (Å²) in [7, 11) is 0. The second-order valence-electron chi connectivity index (χ2n) is 6.16. The maximum absolute atomic E-state index is 11.3. The van der Waals surface area contributed by atoms with Crippen molar-refractivity contribution in [2.75, 3.05) is 0 Å². The molecule has 0 heterocycles. The van der Waals surface area contributed by atoms with Crippen molar-refractivity contribution in [2.45, 2.75) is 90.9 Å². The monoisotopic (exact) mass is 310 g/mol. The van der Waals surface area contributed by atoms with Gasteiger partial charge in [0.2, 0.25) is 0 Å². The van der Waals surface area contributed by atoms with Gasteiger partial charge >= 0.3 is 0 Å². The Morgan fingerprint density at radius 2 is 0.773 bits per heavy atom. The Kier molecular flexibility index (Phi) is 12.5. The molecule has 0 N–H and O–H groups in total. The van der Waals surface area contributed by atoms with Gasteiger partial charge in [0, 0.05) is 12.8 Å². The molecule has 4 heteroatoms. The van der Waals surface area contributed by atoms with Crippen LogP contribution in [0, 0.1) is 0 Å². The smallest absolute Gasteiger partial charge is 0.140 e. The Hall–Kier alpha value is -1.32. The number of carbonyl (C=O) groups is 4. The molecule has 0 aromatic rings. The van der Waals surface area contributed by atoms with Gasteiger partial charge in [0.05, 0.1) is 12.8 Å². The van der Waals surface area contributed by atoms with E-state index < -0.39 is 0 Å². The minimum absolute atomic E-state index is 0.0493. The molecule has 4 nitrogen and oxygen atoms in total. The van der Waals surface area contributed by atoms with Gasteiger partial charge in [-0.1, -0.05) is 38.5 Å². The Bertz CT molecular complexity index is 335.